The van der Waals surface area contributed by atoms with Gasteiger partial charge in [-0.3, -0.25) is 4.79 Å². The number of para-hydroxylation sites is 2. The van der Waals surface area contributed by atoms with Gasteiger partial charge in [0.2, 0.25) is 0 Å². The number of amides is 1. The maximum absolute atomic E-state index is 12.5. The van der Waals surface area contributed by atoms with Crippen LogP contribution in [0.25, 0.3) is 20.8 Å². The molecular weight excluding hydrogens is 380 g/mol. The SMILES string of the molecule is COc1ccccc1C(=O)Nc1ccc(-c2nc3ccccc3s2)c(Cl)c1. The minimum absolute atomic E-state index is 0.253. The molecule has 4 nitrogen and oxygen atoms in total. The van der Waals surface area contributed by atoms with Crippen molar-refractivity contribution in [3.05, 3.63) is 77.3 Å². The van der Waals surface area contributed by atoms with Crippen LogP contribution in [-0.4, -0.2) is 18.0 Å². The van der Waals surface area contributed by atoms with Crippen LogP contribution in [0.3, 0.4) is 0 Å². The smallest absolute Gasteiger partial charge is 0.259 e. The zero-order valence-corrected chi connectivity index (χ0v) is 16.0. The van der Waals surface area contributed by atoms with E-state index in [0.29, 0.717) is 22.0 Å². The van der Waals surface area contributed by atoms with Crippen molar-refractivity contribution in [2.75, 3.05) is 12.4 Å². The second-order valence-corrected chi connectivity index (χ2v) is 7.27. The van der Waals surface area contributed by atoms with Crippen molar-refractivity contribution < 1.29 is 9.53 Å². The van der Waals surface area contributed by atoms with Crippen LogP contribution in [-0.2, 0) is 0 Å². The number of anilines is 1. The monoisotopic (exact) mass is 394 g/mol. The maximum atomic E-state index is 12.5. The number of aromatic nitrogens is 1. The number of methoxy groups -OCH3 is 1. The number of thiazole rings is 1. The van der Waals surface area contributed by atoms with Crippen LogP contribution in [0.15, 0.2) is 66.7 Å². The average molecular weight is 395 g/mol. The molecule has 0 aliphatic carbocycles. The Morgan fingerprint density at radius 3 is 2.63 bits per heavy atom. The number of rotatable bonds is 4. The summed E-state index contributed by atoms with van der Waals surface area (Å²) in [5, 5.41) is 4.24. The zero-order valence-electron chi connectivity index (χ0n) is 14.4. The van der Waals surface area contributed by atoms with Gasteiger partial charge >= 0.3 is 0 Å². The van der Waals surface area contributed by atoms with Gasteiger partial charge in [-0.1, -0.05) is 35.9 Å². The van der Waals surface area contributed by atoms with Crippen molar-refractivity contribution in [1.82, 2.24) is 4.98 Å². The molecule has 3 aromatic carbocycles. The molecule has 4 rings (SSSR count). The number of carbonyl (C=O) groups excluding carboxylic acids is 1. The van der Waals surface area contributed by atoms with Crippen LogP contribution < -0.4 is 10.1 Å². The predicted molar refractivity (Wildman–Crippen MR) is 111 cm³/mol. The molecule has 6 heteroatoms. The Kier molecular flexibility index (Phi) is 4.79. The van der Waals surface area contributed by atoms with Crippen LogP contribution in [0, 0.1) is 0 Å². The first-order valence-corrected chi connectivity index (χ1v) is 9.45. The van der Waals surface area contributed by atoms with Crippen molar-refractivity contribution in [3.63, 3.8) is 0 Å². The highest BCUT2D eigenvalue weighted by molar-refractivity contribution is 7.21. The molecule has 27 heavy (non-hydrogen) atoms. The van der Waals surface area contributed by atoms with Crippen molar-refractivity contribution >= 4 is 44.7 Å². The Bertz CT molecular complexity index is 1110. The van der Waals surface area contributed by atoms with E-state index in [1.807, 2.05) is 42.5 Å². The van der Waals surface area contributed by atoms with Gasteiger partial charge in [0.25, 0.3) is 5.91 Å². The van der Waals surface area contributed by atoms with Gasteiger partial charge < -0.3 is 10.1 Å². The van der Waals surface area contributed by atoms with Crippen LogP contribution in [0.5, 0.6) is 5.75 Å². The van der Waals surface area contributed by atoms with E-state index in [1.165, 1.54) is 7.11 Å². The second kappa shape index (κ2) is 7.39. The molecule has 0 unspecified atom stereocenters. The van der Waals surface area contributed by atoms with Gasteiger partial charge in [-0.2, -0.15) is 0 Å². The molecule has 0 aliphatic rings. The van der Waals surface area contributed by atoms with Crippen molar-refractivity contribution in [2.24, 2.45) is 0 Å². The van der Waals surface area contributed by atoms with Crippen LogP contribution >= 0.6 is 22.9 Å². The van der Waals surface area contributed by atoms with E-state index in [1.54, 1.807) is 35.6 Å². The first-order chi connectivity index (χ1) is 13.2. The Labute approximate surface area is 165 Å². The fourth-order valence-electron chi connectivity index (χ4n) is 2.78. The number of fused-ring (bicyclic) bond motifs is 1. The molecule has 1 heterocycles. The minimum Gasteiger partial charge on any atom is -0.496 e. The molecule has 0 saturated heterocycles. The normalized spacial score (nSPS) is 10.7. The van der Waals surface area contributed by atoms with E-state index in [-0.39, 0.29) is 5.91 Å². The molecule has 0 fully saturated rings. The van der Waals surface area contributed by atoms with Crippen LogP contribution in [0.2, 0.25) is 5.02 Å². The van der Waals surface area contributed by atoms with E-state index in [2.05, 4.69) is 10.3 Å². The molecule has 1 aromatic heterocycles. The number of nitrogens with one attached hydrogen (secondary N) is 1. The summed E-state index contributed by atoms with van der Waals surface area (Å²) in [6, 6.07) is 20.5. The van der Waals surface area contributed by atoms with Gasteiger partial charge in [-0.15, -0.1) is 11.3 Å². The van der Waals surface area contributed by atoms with Gasteiger partial charge in [-0.25, -0.2) is 4.98 Å². The first-order valence-electron chi connectivity index (χ1n) is 8.25. The summed E-state index contributed by atoms with van der Waals surface area (Å²) in [4.78, 5) is 17.2. The Morgan fingerprint density at radius 1 is 1.07 bits per heavy atom. The Morgan fingerprint density at radius 2 is 1.85 bits per heavy atom. The summed E-state index contributed by atoms with van der Waals surface area (Å²) >= 11 is 8.06. The van der Waals surface area contributed by atoms with Crippen molar-refractivity contribution in [3.8, 4) is 16.3 Å². The number of nitrogens with zero attached hydrogens (tertiary/aromatic N) is 1. The summed E-state index contributed by atoms with van der Waals surface area (Å²) in [7, 11) is 1.54. The molecule has 1 N–H and O–H groups in total. The van der Waals surface area contributed by atoms with E-state index in [9.17, 15) is 4.79 Å². The lowest BCUT2D eigenvalue weighted by atomic mass is 10.1. The van der Waals surface area contributed by atoms with Gasteiger partial charge in [-0.05, 0) is 42.5 Å². The summed E-state index contributed by atoms with van der Waals surface area (Å²) in [5.74, 6) is 0.267. The van der Waals surface area contributed by atoms with E-state index >= 15 is 0 Å². The zero-order chi connectivity index (χ0) is 18.8. The molecule has 0 aliphatic heterocycles. The highest BCUT2D eigenvalue weighted by Crippen LogP contribution is 2.35. The fraction of sp³-hybridized carbons (Fsp3) is 0.0476. The van der Waals surface area contributed by atoms with Crippen molar-refractivity contribution in [2.45, 2.75) is 0 Å². The number of carbonyl (C=O) groups is 1. The molecule has 134 valence electrons. The standard InChI is InChI=1S/C21H15ClN2O2S/c1-26-18-8-4-2-6-15(18)20(25)23-13-10-11-14(16(22)12-13)21-24-17-7-3-5-9-19(17)27-21/h2-12H,1H3,(H,23,25). The van der Waals surface area contributed by atoms with E-state index in [4.69, 9.17) is 16.3 Å². The third-order valence-electron chi connectivity index (χ3n) is 4.10. The molecule has 0 saturated carbocycles. The summed E-state index contributed by atoms with van der Waals surface area (Å²) in [5.41, 5.74) is 2.86. The number of hydrogen-bond acceptors (Lipinski definition) is 4. The van der Waals surface area contributed by atoms with Gasteiger partial charge in [0, 0.05) is 11.3 Å². The van der Waals surface area contributed by atoms with Gasteiger partial charge in [0.05, 0.1) is 27.9 Å². The third-order valence-corrected chi connectivity index (χ3v) is 5.49. The summed E-state index contributed by atoms with van der Waals surface area (Å²) in [6.45, 7) is 0. The Hall–Kier alpha value is -2.89. The number of halogens is 1. The van der Waals surface area contributed by atoms with E-state index in [0.717, 1.165) is 20.8 Å². The molecule has 4 aromatic rings. The maximum Gasteiger partial charge on any atom is 0.259 e. The lowest BCUT2D eigenvalue weighted by molar-refractivity contribution is 0.102. The first kappa shape index (κ1) is 17.5. The molecule has 0 bridgehead atoms. The van der Waals surface area contributed by atoms with Gasteiger partial charge in [0.1, 0.15) is 10.8 Å². The molecular formula is C21H15ClN2O2S. The lowest BCUT2D eigenvalue weighted by Crippen LogP contribution is -2.13. The topological polar surface area (TPSA) is 51.2 Å². The van der Waals surface area contributed by atoms with Crippen LogP contribution in [0.4, 0.5) is 5.69 Å². The summed E-state index contributed by atoms with van der Waals surface area (Å²) in [6.07, 6.45) is 0. The number of ether oxygens (including phenoxy) is 1. The second-order valence-electron chi connectivity index (χ2n) is 5.84. The molecule has 0 atom stereocenters. The molecule has 1 amide bonds. The van der Waals surface area contributed by atoms with E-state index < -0.39 is 0 Å². The molecule has 0 spiro atoms. The predicted octanol–water partition coefficient (Wildman–Crippen LogP) is 5.88. The number of hydrogen-bond donors (Lipinski definition) is 1. The lowest BCUT2D eigenvalue weighted by Gasteiger charge is -2.10. The van der Waals surface area contributed by atoms with Crippen molar-refractivity contribution in [1.29, 1.82) is 0 Å². The summed E-state index contributed by atoms with van der Waals surface area (Å²) < 4.78 is 6.35. The third kappa shape index (κ3) is 3.52. The highest BCUT2D eigenvalue weighted by Gasteiger charge is 2.14. The number of benzene rings is 3. The fourth-order valence-corrected chi connectivity index (χ4v) is 4.12. The highest BCUT2D eigenvalue weighted by atomic mass is 35.5. The largest absolute Gasteiger partial charge is 0.496 e. The quantitative estimate of drug-likeness (QED) is 0.470. The minimum atomic E-state index is -0.253. The van der Waals surface area contributed by atoms with Crippen LogP contribution in [0.1, 0.15) is 10.4 Å². The molecule has 0 radical (unpaired) electrons. The Balaban J connectivity index is 1.61. The van der Waals surface area contributed by atoms with Gasteiger partial charge in [0.15, 0.2) is 0 Å². The average Bonchev–Trinajstić information content (AvgIpc) is 3.11.